The Morgan fingerprint density at radius 1 is 1.17 bits per heavy atom. The molecule has 94 valence electrons. The van der Waals surface area contributed by atoms with Crippen molar-refractivity contribution in [2.75, 3.05) is 36.9 Å². The summed E-state index contributed by atoms with van der Waals surface area (Å²) in [6.07, 6.45) is 0. The summed E-state index contributed by atoms with van der Waals surface area (Å²) in [5.41, 5.74) is 5.90. The van der Waals surface area contributed by atoms with Crippen LogP contribution in [0.5, 0.6) is 0 Å². The maximum absolute atomic E-state index is 9.02. The van der Waals surface area contributed by atoms with Crippen LogP contribution in [-0.4, -0.2) is 41.5 Å². The molecular formula is C11H13N5O2. The molecule has 0 aliphatic carbocycles. The fourth-order valence-electron chi connectivity index (χ4n) is 1.50. The van der Waals surface area contributed by atoms with Gasteiger partial charge in [-0.25, -0.2) is 4.98 Å². The average molecular weight is 247 g/mol. The Morgan fingerprint density at radius 3 is 2.17 bits per heavy atom. The summed E-state index contributed by atoms with van der Waals surface area (Å²) in [7, 11) is 0. The summed E-state index contributed by atoms with van der Waals surface area (Å²) in [4.78, 5) is 5.53. The van der Waals surface area contributed by atoms with Crippen LogP contribution in [-0.2, 0) is 0 Å². The highest BCUT2D eigenvalue weighted by molar-refractivity contribution is 5.63. The molecule has 0 aliphatic rings. The standard InChI is InChI=1S/C11H13N5O2/c12-6-8-5-9(7-13)11(15-10(8)14)16(1-3-17)2-4-18/h5,17-18H,1-4H2,(H2,14,15). The van der Waals surface area contributed by atoms with E-state index in [2.05, 4.69) is 4.98 Å². The van der Waals surface area contributed by atoms with Gasteiger partial charge in [0.05, 0.1) is 24.3 Å². The van der Waals surface area contributed by atoms with Gasteiger partial charge >= 0.3 is 0 Å². The number of anilines is 2. The molecule has 0 aromatic carbocycles. The predicted octanol–water partition coefficient (Wildman–Crippen LogP) is -0.802. The van der Waals surface area contributed by atoms with Crippen molar-refractivity contribution in [1.29, 1.82) is 10.5 Å². The summed E-state index contributed by atoms with van der Waals surface area (Å²) in [5.74, 6) is 0.282. The summed E-state index contributed by atoms with van der Waals surface area (Å²) < 4.78 is 0. The number of nitrogen functional groups attached to an aromatic ring is 1. The maximum atomic E-state index is 9.02. The Bertz CT molecular complexity index is 497. The van der Waals surface area contributed by atoms with Gasteiger partial charge in [0.1, 0.15) is 23.8 Å². The summed E-state index contributed by atoms with van der Waals surface area (Å²) in [6, 6.07) is 5.11. The molecule has 0 saturated heterocycles. The fraction of sp³-hybridized carbons (Fsp3) is 0.364. The summed E-state index contributed by atoms with van der Waals surface area (Å²) in [6.45, 7) is 0.139. The summed E-state index contributed by atoms with van der Waals surface area (Å²) in [5, 5.41) is 35.7. The predicted molar refractivity (Wildman–Crippen MR) is 64.5 cm³/mol. The van der Waals surface area contributed by atoms with E-state index in [1.165, 1.54) is 11.0 Å². The Kier molecular flexibility index (Phi) is 4.88. The van der Waals surface area contributed by atoms with Crippen molar-refractivity contribution >= 4 is 11.6 Å². The van der Waals surface area contributed by atoms with E-state index < -0.39 is 0 Å². The number of nitrogens with two attached hydrogens (primary N) is 1. The van der Waals surface area contributed by atoms with Gasteiger partial charge in [0.2, 0.25) is 0 Å². The number of aliphatic hydroxyl groups is 2. The zero-order chi connectivity index (χ0) is 13.5. The minimum Gasteiger partial charge on any atom is -0.395 e. The van der Waals surface area contributed by atoms with Gasteiger partial charge in [0.15, 0.2) is 0 Å². The molecule has 0 saturated carbocycles. The average Bonchev–Trinajstić information content (AvgIpc) is 2.38. The van der Waals surface area contributed by atoms with E-state index >= 15 is 0 Å². The van der Waals surface area contributed by atoms with Crippen LogP contribution in [0.2, 0.25) is 0 Å². The first-order valence-electron chi connectivity index (χ1n) is 5.25. The number of aliphatic hydroxyl groups excluding tert-OH is 2. The van der Waals surface area contributed by atoms with E-state index in [-0.39, 0.29) is 49.1 Å². The molecule has 1 aromatic heterocycles. The smallest absolute Gasteiger partial charge is 0.149 e. The first kappa shape index (κ1) is 13.7. The highest BCUT2D eigenvalue weighted by Crippen LogP contribution is 2.21. The highest BCUT2D eigenvalue weighted by Gasteiger charge is 2.15. The molecule has 1 aromatic rings. The molecule has 7 nitrogen and oxygen atoms in total. The quantitative estimate of drug-likeness (QED) is 0.620. The zero-order valence-corrected chi connectivity index (χ0v) is 9.67. The lowest BCUT2D eigenvalue weighted by Crippen LogP contribution is -2.31. The Hall–Kier alpha value is -2.35. The number of aromatic nitrogens is 1. The van der Waals surface area contributed by atoms with Crippen molar-refractivity contribution in [3.63, 3.8) is 0 Å². The topological polar surface area (TPSA) is 130 Å². The molecule has 0 amide bonds. The lowest BCUT2D eigenvalue weighted by atomic mass is 10.2. The molecule has 0 spiro atoms. The van der Waals surface area contributed by atoms with Crippen molar-refractivity contribution < 1.29 is 10.2 Å². The molecule has 1 heterocycles. The van der Waals surface area contributed by atoms with Gasteiger partial charge in [0.25, 0.3) is 0 Å². The van der Waals surface area contributed by atoms with Crippen molar-refractivity contribution in [3.05, 3.63) is 17.2 Å². The zero-order valence-electron chi connectivity index (χ0n) is 9.67. The van der Waals surface area contributed by atoms with E-state index in [1.54, 1.807) is 0 Å². The first-order chi connectivity index (χ1) is 8.67. The minimum absolute atomic E-state index is 0.0207. The molecule has 0 fully saturated rings. The number of hydrogen-bond donors (Lipinski definition) is 3. The second kappa shape index (κ2) is 6.40. The number of rotatable bonds is 5. The number of hydrogen-bond acceptors (Lipinski definition) is 7. The van der Waals surface area contributed by atoms with Gasteiger partial charge in [-0.3, -0.25) is 0 Å². The van der Waals surface area contributed by atoms with Crippen molar-refractivity contribution in [2.24, 2.45) is 0 Å². The molecule has 4 N–H and O–H groups in total. The third-order valence-electron chi connectivity index (χ3n) is 2.31. The highest BCUT2D eigenvalue weighted by atomic mass is 16.3. The lowest BCUT2D eigenvalue weighted by molar-refractivity contribution is 0.280. The Morgan fingerprint density at radius 2 is 1.72 bits per heavy atom. The molecule has 18 heavy (non-hydrogen) atoms. The minimum atomic E-state index is -0.146. The Labute approximate surface area is 104 Å². The van der Waals surface area contributed by atoms with Crippen LogP contribution < -0.4 is 10.6 Å². The van der Waals surface area contributed by atoms with Crippen molar-refractivity contribution in [3.8, 4) is 12.1 Å². The van der Waals surface area contributed by atoms with Gasteiger partial charge in [-0.1, -0.05) is 0 Å². The Balaban J connectivity index is 3.25. The first-order valence-corrected chi connectivity index (χ1v) is 5.25. The number of pyridine rings is 1. The molecule has 0 aliphatic heterocycles. The van der Waals surface area contributed by atoms with Gasteiger partial charge in [-0.15, -0.1) is 0 Å². The van der Waals surface area contributed by atoms with Crippen LogP contribution in [0.3, 0.4) is 0 Å². The molecule has 1 rings (SSSR count). The summed E-state index contributed by atoms with van der Waals surface area (Å²) >= 11 is 0. The van der Waals surface area contributed by atoms with Crippen LogP contribution in [0.15, 0.2) is 6.07 Å². The second-order valence-corrected chi connectivity index (χ2v) is 3.45. The van der Waals surface area contributed by atoms with Gasteiger partial charge in [0, 0.05) is 13.1 Å². The van der Waals surface area contributed by atoms with Crippen LogP contribution in [0, 0.1) is 22.7 Å². The van der Waals surface area contributed by atoms with E-state index in [1.807, 2.05) is 12.1 Å². The molecule has 0 radical (unpaired) electrons. The van der Waals surface area contributed by atoms with Gasteiger partial charge in [-0.2, -0.15) is 10.5 Å². The third-order valence-corrected chi connectivity index (χ3v) is 2.31. The van der Waals surface area contributed by atoms with E-state index in [4.69, 9.17) is 26.5 Å². The second-order valence-electron chi connectivity index (χ2n) is 3.45. The van der Waals surface area contributed by atoms with Gasteiger partial charge < -0.3 is 20.8 Å². The third kappa shape index (κ3) is 2.86. The largest absolute Gasteiger partial charge is 0.395 e. The van der Waals surface area contributed by atoms with Crippen LogP contribution in [0.25, 0.3) is 0 Å². The fourth-order valence-corrected chi connectivity index (χ4v) is 1.50. The molecule has 0 atom stereocenters. The van der Waals surface area contributed by atoms with Crippen LogP contribution >= 0.6 is 0 Å². The van der Waals surface area contributed by atoms with Gasteiger partial charge in [-0.05, 0) is 6.07 Å². The van der Waals surface area contributed by atoms with E-state index in [9.17, 15) is 0 Å². The normalized spacial score (nSPS) is 9.56. The maximum Gasteiger partial charge on any atom is 0.149 e. The monoisotopic (exact) mass is 247 g/mol. The lowest BCUT2D eigenvalue weighted by Gasteiger charge is -2.23. The van der Waals surface area contributed by atoms with Crippen molar-refractivity contribution in [1.82, 2.24) is 4.98 Å². The van der Waals surface area contributed by atoms with E-state index in [0.717, 1.165) is 0 Å². The van der Waals surface area contributed by atoms with Crippen molar-refractivity contribution in [2.45, 2.75) is 0 Å². The van der Waals surface area contributed by atoms with E-state index in [0.29, 0.717) is 0 Å². The molecule has 0 bridgehead atoms. The number of nitrogens with zero attached hydrogens (tertiary/aromatic N) is 4. The molecule has 0 unspecified atom stereocenters. The number of nitriles is 2. The van der Waals surface area contributed by atoms with Crippen LogP contribution in [0.1, 0.15) is 11.1 Å². The molecule has 7 heteroatoms. The molecular weight excluding hydrogens is 234 g/mol. The van der Waals surface area contributed by atoms with Crippen LogP contribution in [0.4, 0.5) is 11.6 Å². The SMILES string of the molecule is N#Cc1cc(C#N)c(N(CCO)CCO)nc1N.